The fourth-order valence-electron chi connectivity index (χ4n) is 2.90. The molecule has 132 valence electrons. The lowest BCUT2D eigenvalue weighted by Gasteiger charge is -2.30. The van der Waals surface area contributed by atoms with Crippen LogP contribution in [0.3, 0.4) is 0 Å². The molecule has 25 heavy (non-hydrogen) atoms. The van der Waals surface area contributed by atoms with Crippen molar-refractivity contribution in [2.24, 2.45) is 4.99 Å². The number of nitrogens with zero attached hydrogens (tertiary/aromatic N) is 2. The molecule has 0 heterocycles. The van der Waals surface area contributed by atoms with Gasteiger partial charge in [0.25, 0.3) is 0 Å². The van der Waals surface area contributed by atoms with E-state index in [0.29, 0.717) is 10.9 Å². The lowest BCUT2D eigenvalue weighted by atomic mass is 9.98. The molecule has 0 unspecified atom stereocenters. The van der Waals surface area contributed by atoms with E-state index < -0.39 is 0 Å². The minimum Gasteiger partial charge on any atom is -0.497 e. The van der Waals surface area contributed by atoms with E-state index in [1.807, 2.05) is 47.4 Å². The third-order valence-corrected chi connectivity index (χ3v) is 4.19. The van der Waals surface area contributed by atoms with Crippen molar-refractivity contribution in [1.29, 1.82) is 5.41 Å². The third-order valence-electron chi connectivity index (χ3n) is 3.94. The van der Waals surface area contributed by atoms with Gasteiger partial charge in [-0.3, -0.25) is 10.4 Å². The van der Waals surface area contributed by atoms with Gasteiger partial charge in [0.15, 0.2) is 0 Å². The minimum atomic E-state index is 0.146. The van der Waals surface area contributed by atoms with Gasteiger partial charge >= 0.3 is 0 Å². The highest BCUT2D eigenvalue weighted by molar-refractivity contribution is 6.30. The number of aliphatic imine (C=N–C) groups is 1. The van der Waals surface area contributed by atoms with Gasteiger partial charge in [-0.25, -0.2) is 0 Å². The Morgan fingerprint density at radius 2 is 1.80 bits per heavy atom. The summed E-state index contributed by atoms with van der Waals surface area (Å²) in [6.45, 7) is 5.92. The highest BCUT2D eigenvalue weighted by Crippen LogP contribution is 2.30. The van der Waals surface area contributed by atoms with Crippen molar-refractivity contribution in [2.45, 2.75) is 26.8 Å². The number of benzene rings is 2. The first-order valence-corrected chi connectivity index (χ1v) is 8.52. The number of anilines is 1. The summed E-state index contributed by atoms with van der Waals surface area (Å²) in [5.74, 6) is 1.23. The Morgan fingerprint density at radius 1 is 1.16 bits per heavy atom. The summed E-state index contributed by atoms with van der Waals surface area (Å²) in [6, 6.07) is 13.6. The highest BCUT2D eigenvalue weighted by Gasteiger charge is 2.20. The number of methoxy groups -OCH3 is 1. The fraction of sp³-hybridized carbons (Fsp3) is 0.300. The second kappa shape index (κ2) is 8.17. The van der Waals surface area contributed by atoms with E-state index in [4.69, 9.17) is 21.7 Å². The first-order valence-electron chi connectivity index (χ1n) is 8.14. The Bertz CT molecular complexity index is 782. The third kappa shape index (κ3) is 4.20. The predicted molar refractivity (Wildman–Crippen MR) is 107 cm³/mol. The summed E-state index contributed by atoms with van der Waals surface area (Å²) >= 11 is 6.02. The Hall–Kier alpha value is -2.33. The van der Waals surface area contributed by atoms with Gasteiger partial charge in [0.2, 0.25) is 0 Å². The number of halogens is 1. The van der Waals surface area contributed by atoms with Crippen LogP contribution in [0.4, 0.5) is 5.69 Å². The summed E-state index contributed by atoms with van der Waals surface area (Å²) in [7, 11) is 3.41. The van der Waals surface area contributed by atoms with Gasteiger partial charge in [0.1, 0.15) is 5.75 Å². The Kier molecular flexibility index (Phi) is 6.21. The zero-order valence-corrected chi connectivity index (χ0v) is 16.1. The van der Waals surface area contributed by atoms with Crippen LogP contribution in [0.2, 0.25) is 5.02 Å². The SMILES string of the molecule is CN=C(c1ccc(Cl)cc1)c1cc(OC)ccc1N(C(C)=N)C(C)C. The summed E-state index contributed by atoms with van der Waals surface area (Å²) in [4.78, 5) is 6.50. The molecular weight excluding hydrogens is 334 g/mol. The average molecular weight is 358 g/mol. The molecule has 0 spiro atoms. The molecule has 2 aromatic carbocycles. The van der Waals surface area contributed by atoms with Crippen molar-refractivity contribution in [2.75, 3.05) is 19.1 Å². The van der Waals surface area contributed by atoms with Crippen LogP contribution in [0, 0.1) is 5.41 Å². The van der Waals surface area contributed by atoms with Gasteiger partial charge in [-0.15, -0.1) is 0 Å². The molecule has 2 aromatic rings. The molecule has 0 bridgehead atoms. The molecule has 0 aliphatic carbocycles. The molecule has 0 atom stereocenters. The molecule has 4 nitrogen and oxygen atoms in total. The lowest BCUT2D eigenvalue weighted by Crippen LogP contribution is -2.36. The molecule has 1 N–H and O–H groups in total. The van der Waals surface area contributed by atoms with Gasteiger partial charge in [0.05, 0.1) is 24.3 Å². The molecule has 0 saturated carbocycles. The van der Waals surface area contributed by atoms with E-state index in [1.54, 1.807) is 21.1 Å². The van der Waals surface area contributed by atoms with Crippen LogP contribution in [-0.2, 0) is 0 Å². The maximum atomic E-state index is 8.18. The molecular formula is C20H24ClN3O. The topological polar surface area (TPSA) is 48.7 Å². The van der Waals surface area contributed by atoms with Gasteiger partial charge in [-0.2, -0.15) is 0 Å². The van der Waals surface area contributed by atoms with E-state index in [-0.39, 0.29) is 6.04 Å². The Labute approximate surface area is 154 Å². The predicted octanol–water partition coefficient (Wildman–Crippen LogP) is 5.03. The molecule has 0 aromatic heterocycles. The van der Waals surface area contributed by atoms with Gasteiger partial charge in [-0.1, -0.05) is 23.7 Å². The van der Waals surface area contributed by atoms with Crippen LogP contribution < -0.4 is 9.64 Å². The Morgan fingerprint density at radius 3 is 2.28 bits per heavy atom. The summed E-state index contributed by atoms with van der Waals surface area (Å²) in [5.41, 5.74) is 3.65. The first kappa shape index (κ1) is 19.0. The number of hydrogen-bond acceptors (Lipinski definition) is 3. The monoisotopic (exact) mass is 357 g/mol. The molecule has 0 aliphatic rings. The summed E-state index contributed by atoms with van der Waals surface area (Å²) in [5, 5.41) is 8.87. The second-order valence-corrected chi connectivity index (χ2v) is 6.45. The maximum absolute atomic E-state index is 8.18. The normalized spacial score (nSPS) is 11.6. The second-order valence-electron chi connectivity index (χ2n) is 6.01. The fourth-order valence-corrected chi connectivity index (χ4v) is 3.03. The number of rotatable bonds is 5. The Balaban J connectivity index is 2.68. The maximum Gasteiger partial charge on any atom is 0.119 e. The molecule has 0 amide bonds. The minimum absolute atomic E-state index is 0.146. The number of hydrogen-bond donors (Lipinski definition) is 1. The van der Waals surface area contributed by atoms with Crippen molar-refractivity contribution in [3.8, 4) is 5.75 Å². The van der Waals surface area contributed by atoms with Crippen molar-refractivity contribution < 1.29 is 4.74 Å². The van der Waals surface area contributed by atoms with Gasteiger partial charge < -0.3 is 9.64 Å². The van der Waals surface area contributed by atoms with Crippen molar-refractivity contribution >= 4 is 28.8 Å². The molecule has 0 aliphatic heterocycles. The van der Waals surface area contributed by atoms with Gasteiger partial charge in [0, 0.05) is 29.2 Å². The van der Waals surface area contributed by atoms with Gasteiger partial charge in [-0.05, 0) is 51.1 Å². The van der Waals surface area contributed by atoms with Crippen LogP contribution in [-0.4, -0.2) is 31.7 Å². The average Bonchev–Trinajstić information content (AvgIpc) is 2.57. The van der Waals surface area contributed by atoms with E-state index in [0.717, 1.165) is 28.3 Å². The molecule has 0 radical (unpaired) electrons. The van der Waals surface area contributed by atoms with Crippen LogP contribution in [0.15, 0.2) is 47.5 Å². The lowest BCUT2D eigenvalue weighted by molar-refractivity contribution is 0.414. The van der Waals surface area contributed by atoms with E-state index in [1.165, 1.54) is 0 Å². The summed E-state index contributed by atoms with van der Waals surface area (Å²) < 4.78 is 5.41. The molecule has 0 fully saturated rings. The zero-order chi connectivity index (χ0) is 18.6. The van der Waals surface area contributed by atoms with E-state index >= 15 is 0 Å². The highest BCUT2D eigenvalue weighted by atomic mass is 35.5. The van der Waals surface area contributed by atoms with Crippen molar-refractivity contribution in [1.82, 2.24) is 0 Å². The van der Waals surface area contributed by atoms with E-state index in [9.17, 15) is 0 Å². The summed E-state index contributed by atoms with van der Waals surface area (Å²) in [6.07, 6.45) is 0. The van der Waals surface area contributed by atoms with E-state index in [2.05, 4.69) is 18.8 Å². The molecule has 0 saturated heterocycles. The smallest absolute Gasteiger partial charge is 0.119 e. The van der Waals surface area contributed by atoms with Crippen LogP contribution >= 0.6 is 11.6 Å². The largest absolute Gasteiger partial charge is 0.497 e. The quantitative estimate of drug-likeness (QED) is 0.602. The van der Waals surface area contributed by atoms with Crippen LogP contribution in [0.25, 0.3) is 0 Å². The molecule has 5 heteroatoms. The molecule has 2 rings (SSSR count). The number of nitrogens with one attached hydrogen (secondary N) is 1. The number of amidine groups is 1. The van der Waals surface area contributed by atoms with Crippen LogP contribution in [0.1, 0.15) is 31.9 Å². The van der Waals surface area contributed by atoms with Crippen molar-refractivity contribution in [3.05, 3.63) is 58.6 Å². The number of ether oxygens (including phenoxy) is 1. The van der Waals surface area contributed by atoms with Crippen molar-refractivity contribution in [3.63, 3.8) is 0 Å². The standard InChI is InChI=1S/C20H24ClN3O/c1-13(2)24(14(3)22)19-11-10-17(25-5)12-18(19)20(23-4)15-6-8-16(21)9-7-15/h6-13,22H,1-5H3. The zero-order valence-electron chi connectivity index (χ0n) is 15.3. The first-order chi connectivity index (χ1) is 11.9. The van der Waals surface area contributed by atoms with Crippen LogP contribution in [0.5, 0.6) is 5.75 Å².